The van der Waals surface area contributed by atoms with Crippen molar-refractivity contribution in [2.24, 2.45) is 11.3 Å². The van der Waals surface area contributed by atoms with Gasteiger partial charge in [0.25, 0.3) is 0 Å². The number of piperidine rings is 1. The molecule has 150 valence electrons. The van der Waals surface area contributed by atoms with Crippen molar-refractivity contribution in [3.8, 4) is 0 Å². The van der Waals surface area contributed by atoms with Gasteiger partial charge in [-0.25, -0.2) is 0 Å². The molecule has 2 saturated heterocycles. The second-order valence-corrected chi connectivity index (χ2v) is 8.26. The van der Waals surface area contributed by atoms with E-state index in [0.717, 1.165) is 44.6 Å². The molecular formula is C21H32ClN3O2. The van der Waals surface area contributed by atoms with E-state index in [-0.39, 0.29) is 30.1 Å². The van der Waals surface area contributed by atoms with E-state index in [1.165, 1.54) is 6.42 Å². The minimum absolute atomic E-state index is 0. The van der Waals surface area contributed by atoms with Gasteiger partial charge in [0.05, 0.1) is 0 Å². The molecule has 6 heteroatoms. The van der Waals surface area contributed by atoms with Crippen molar-refractivity contribution in [3.05, 3.63) is 35.9 Å². The molecule has 2 N–H and O–H groups in total. The predicted molar refractivity (Wildman–Crippen MR) is 110 cm³/mol. The lowest BCUT2D eigenvalue weighted by Gasteiger charge is -2.40. The Bertz CT molecular complexity index is 620. The Labute approximate surface area is 168 Å². The van der Waals surface area contributed by atoms with Crippen LogP contribution < -0.4 is 10.6 Å². The number of nitrogens with one attached hydrogen (secondary N) is 2. The summed E-state index contributed by atoms with van der Waals surface area (Å²) in [7, 11) is 0. The van der Waals surface area contributed by atoms with Gasteiger partial charge in [-0.2, -0.15) is 0 Å². The molecule has 0 aromatic heterocycles. The zero-order chi connectivity index (χ0) is 18.6. The third-order valence-electron chi connectivity index (χ3n) is 5.75. The number of benzene rings is 1. The van der Waals surface area contributed by atoms with E-state index in [4.69, 9.17) is 0 Å². The number of hydrogen-bond acceptors (Lipinski definition) is 3. The molecule has 1 atom stereocenters. The molecule has 1 unspecified atom stereocenters. The van der Waals surface area contributed by atoms with Gasteiger partial charge in [0.1, 0.15) is 6.04 Å². The Kier molecular flexibility index (Phi) is 7.68. The smallest absolute Gasteiger partial charge is 0.249 e. The average molecular weight is 394 g/mol. The number of nitrogens with zero attached hydrogens (tertiary/aromatic N) is 1. The first kappa shape index (κ1) is 21.7. The van der Waals surface area contributed by atoms with E-state index in [1.807, 2.05) is 49.1 Å². The van der Waals surface area contributed by atoms with Crippen LogP contribution in [0.5, 0.6) is 0 Å². The van der Waals surface area contributed by atoms with Crippen molar-refractivity contribution in [3.63, 3.8) is 0 Å². The van der Waals surface area contributed by atoms with Crippen LogP contribution >= 0.6 is 12.4 Å². The molecule has 0 saturated carbocycles. The average Bonchev–Trinajstić information content (AvgIpc) is 3.08. The van der Waals surface area contributed by atoms with Crippen molar-refractivity contribution in [2.75, 3.05) is 26.2 Å². The highest BCUT2D eigenvalue weighted by molar-refractivity contribution is 5.88. The van der Waals surface area contributed by atoms with Crippen LogP contribution in [0.1, 0.15) is 51.1 Å². The van der Waals surface area contributed by atoms with Gasteiger partial charge in [-0.05, 0) is 42.7 Å². The maximum absolute atomic E-state index is 13.2. The Hall–Kier alpha value is -1.59. The van der Waals surface area contributed by atoms with E-state index in [0.29, 0.717) is 11.8 Å². The third kappa shape index (κ3) is 5.45. The summed E-state index contributed by atoms with van der Waals surface area (Å²) in [5.41, 5.74) is 1.23. The number of carbonyl (C=O) groups is 2. The summed E-state index contributed by atoms with van der Waals surface area (Å²) in [6.45, 7) is 7.75. The van der Waals surface area contributed by atoms with Crippen LogP contribution in [0.25, 0.3) is 0 Å². The summed E-state index contributed by atoms with van der Waals surface area (Å²) in [4.78, 5) is 27.5. The summed E-state index contributed by atoms with van der Waals surface area (Å²) < 4.78 is 0. The SMILES string of the molecule is CC(C)CC(=O)NC(C(=O)N1CCC2(CCNC2)CC1)c1ccccc1.Cl. The van der Waals surface area contributed by atoms with Gasteiger partial charge in [-0.15, -0.1) is 12.4 Å². The molecule has 27 heavy (non-hydrogen) atoms. The van der Waals surface area contributed by atoms with E-state index < -0.39 is 6.04 Å². The minimum Gasteiger partial charge on any atom is -0.341 e. The standard InChI is InChI=1S/C21H31N3O2.ClH/c1-16(2)14-18(25)23-19(17-6-4-3-5-7-17)20(26)24-12-9-21(10-13-24)8-11-22-15-21;/h3-7,16,19,22H,8-15H2,1-2H3,(H,23,25);1H. The molecule has 0 radical (unpaired) electrons. The van der Waals surface area contributed by atoms with Gasteiger partial charge in [0.2, 0.25) is 11.8 Å². The van der Waals surface area contributed by atoms with Crippen molar-refractivity contribution in [2.45, 2.75) is 45.6 Å². The second kappa shape index (κ2) is 9.56. The largest absolute Gasteiger partial charge is 0.341 e. The molecule has 2 aliphatic heterocycles. The zero-order valence-corrected chi connectivity index (χ0v) is 17.2. The summed E-state index contributed by atoms with van der Waals surface area (Å²) >= 11 is 0. The quantitative estimate of drug-likeness (QED) is 0.808. The number of rotatable bonds is 5. The first-order valence-corrected chi connectivity index (χ1v) is 9.83. The Morgan fingerprint density at radius 1 is 1.15 bits per heavy atom. The molecular weight excluding hydrogens is 362 g/mol. The molecule has 0 aliphatic carbocycles. The number of carbonyl (C=O) groups excluding carboxylic acids is 2. The molecule has 2 heterocycles. The molecule has 2 fully saturated rings. The molecule has 1 aromatic rings. The van der Waals surface area contributed by atoms with Crippen LogP contribution in [0.3, 0.4) is 0 Å². The van der Waals surface area contributed by atoms with Crippen LogP contribution in [-0.2, 0) is 9.59 Å². The van der Waals surface area contributed by atoms with E-state index in [2.05, 4.69) is 10.6 Å². The highest BCUT2D eigenvalue weighted by Crippen LogP contribution is 2.37. The number of hydrogen-bond donors (Lipinski definition) is 2. The van der Waals surface area contributed by atoms with E-state index in [9.17, 15) is 9.59 Å². The van der Waals surface area contributed by atoms with Crippen LogP contribution in [0, 0.1) is 11.3 Å². The molecule has 2 aliphatic rings. The third-order valence-corrected chi connectivity index (χ3v) is 5.75. The maximum Gasteiger partial charge on any atom is 0.249 e. The van der Waals surface area contributed by atoms with Gasteiger partial charge in [-0.3, -0.25) is 9.59 Å². The van der Waals surface area contributed by atoms with Crippen molar-refractivity contribution >= 4 is 24.2 Å². The van der Waals surface area contributed by atoms with Crippen molar-refractivity contribution < 1.29 is 9.59 Å². The number of halogens is 1. The summed E-state index contributed by atoms with van der Waals surface area (Å²) in [6.07, 6.45) is 3.74. The van der Waals surface area contributed by atoms with Gasteiger partial charge < -0.3 is 15.5 Å². The molecule has 0 bridgehead atoms. The second-order valence-electron chi connectivity index (χ2n) is 8.26. The van der Waals surface area contributed by atoms with Crippen LogP contribution in [0.2, 0.25) is 0 Å². The van der Waals surface area contributed by atoms with Gasteiger partial charge >= 0.3 is 0 Å². The molecule has 3 rings (SSSR count). The Morgan fingerprint density at radius 2 is 1.81 bits per heavy atom. The fraction of sp³-hybridized carbons (Fsp3) is 0.619. The van der Waals surface area contributed by atoms with Crippen LogP contribution in [0.15, 0.2) is 30.3 Å². The van der Waals surface area contributed by atoms with E-state index >= 15 is 0 Å². The molecule has 2 amide bonds. The predicted octanol–water partition coefficient (Wildman–Crippen LogP) is 2.91. The highest BCUT2D eigenvalue weighted by Gasteiger charge is 2.39. The highest BCUT2D eigenvalue weighted by atomic mass is 35.5. The normalized spacial score (nSPS) is 19.6. The number of likely N-dealkylation sites (tertiary alicyclic amines) is 1. The summed E-state index contributed by atoms with van der Waals surface area (Å²) in [5, 5.41) is 6.44. The van der Waals surface area contributed by atoms with Gasteiger partial charge in [0, 0.05) is 26.1 Å². The lowest BCUT2D eigenvalue weighted by Crippen LogP contribution is -2.48. The monoisotopic (exact) mass is 393 g/mol. The van der Waals surface area contributed by atoms with Gasteiger partial charge in [0.15, 0.2) is 0 Å². The van der Waals surface area contributed by atoms with Gasteiger partial charge in [-0.1, -0.05) is 44.2 Å². The van der Waals surface area contributed by atoms with E-state index in [1.54, 1.807) is 0 Å². The van der Waals surface area contributed by atoms with Crippen LogP contribution in [-0.4, -0.2) is 42.9 Å². The molecule has 1 aromatic carbocycles. The summed E-state index contributed by atoms with van der Waals surface area (Å²) in [6, 6.07) is 9.02. The lowest BCUT2D eigenvalue weighted by molar-refractivity contribution is -0.138. The maximum atomic E-state index is 13.2. The number of amides is 2. The Balaban J connectivity index is 0.00000261. The first-order valence-electron chi connectivity index (χ1n) is 9.83. The molecule has 5 nitrogen and oxygen atoms in total. The Morgan fingerprint density at radius 3 is 2.37 bits per heavy atom. The minimum atomic E-state index is -0.585. The molecule has 1 spiro atoms. The van der Waals surface area contributed by atoms with Crippen LogP contribution in [0.4, 0.5) is 0 Å². The fourth-order valence-corrected chi connectivity index (χ4v) is 4.13. The topological polar surface area (TPSA) is 61.4 Å². The van der Waals surface area contributed by atoms with Crippen molar-refractivity contribution in [1.82, 2.24) is 15.5 Å². The van der Waals surface area contributed by atoms with Crippen molar-refractivity contribution in [1.29, 1.82) is 0 Å². The fourth-order valence-electron chi connectivity index (χ4n) is 4.13. The first-order chi connectivity index (χ1) is 12.5. The summed E-state index contributed by atoms with van der Waals surface area (Å²) in [5.74, 6) is 0.232. The lowest BCUT2D eigenvalue weighted by atomic mass is 9.77. The zero-order valence-electron chi connectivity index (χ0n) is 16.4.